The highest BCUT2D eigenvalue weighted by molar-refractivity contribution is 5.31. The zero-order valence-corrected chi connectivity index (χ0v) is 15.2. The Morgan fingerprint density at radius 3 is 2.24 bits per heavy atom. The highest BCUT2D eigenvalue weighted by atomic mass is 16.6. The highest BCUT2D eigenvalue weighted by Crippen LogP contribution is 2.32. The van der Waals surface area contributed by atoms with Gasteiger partial charge < -0.3 is 0 Å². The summed E-state index contributed by atoms with van der Waals surface area (Å²) < 4.78 is 0. The molecule has 1 saturated heterocycles. The summed E-state index contributed by atoms with van der Waals surface area (Å²) in [5.74, 6) is -0.0484. The van der Waals surface area contributed by atoms with Gasteiger partial charge in [0.25, 0.3) is 0 Å². The molecule has 0 bridgehead atoms. The van der Waals surface area contributed by atoms with Gasteiger partial charge in [0, 0.05) is 18.0 Å². The number of nitrogens with zero attached hydrogens (tertiary/aromatic N) is 2. The molecule has 2 atom stereocenters. The molecule has 1 aliphatic heterocycles. The van der Waals surface area contributed by atoms with Crippen molar-refractivity contribution < 1.29 is 4.92 Å². The second-order valence-corrected chi connectivity index (χ2v) is 8.01. The zero-order valence-electron chi connectivity index (χ0n) is 15.2. The molecule has 0 N–H and O–H groups in total. The third kappa shape index (κ3) is 4.07. The molecule has 0 spiro atoms. The fourth-order valence-electron chi connectivity index (χ4n) is 3.61. The van der Waals surface area contributed by atoms with Crippen LogP contribution < -0.4 is 0 Å². The first-order valence-electron chi connectivity index (χ1n) is 8.85. The number of nitro groups is 1. The Labute approximate surface area is 149 Å². The molecule has 2 aromatic rings. The summed E-state index contributed by atoms with van der Waals surface area (Å²) in [4.78, 5) is 13.7. The Balaban J connectivity index is 1.78. The van der Waals surface area contributed by atoms with Gasteiger partial charge in [-0.25, -0.2) is 0 Å². The predicted octanol–water partition coefficient (Wildman–Crippen LogP) is 4.23. The third-order valence-corrected chi connectivity index (χ3v) is 5.09. The largest absolute Gasteiger partial charge is 0.292 e. The van der Waals surface area contributed by atoms with Crippen molar-refractivity contribution in [1.29, 1.82) is 0 Å². The molecule has 0 aromatic heterocycles. The first kappa shape index (κ1) is 17.6. The van der Waals surface area contributed by atoms with Crippen molar-refractivity contribution >= 4 is 0 Å². The van der Waals surface area contributed by atoms with Crippen molar-refractivity contribution in [3.63, 3.8) is 0 Å². The third-order valence-electron chi connectivity index (χ3n) is 5.09. The van der Waals surface area contributed by atoms with Gasteiger partial charge in [-0.05, 0) is 22.1 Å². The second kappa shape index (κ2) is 6.96. The van der Waals surface area contributed by atoms with E-state index in [1.807, 2.05) is 18.2 Å². The summed E-state index contributed by atoms with van der Waals surface area (Å²) in [5.41, 5.74) is 3.63. The van der Waals surface area contributed by atoms with E-state index in [1.54, 1.807) is 0 Å². The van der Waals surface area contributed by atoms with Gasteiger partial charge in [0.05, 0.1) is 12.5 Å². The second-order valence-electron chi connectivity index (χ2n) is 8.01. The lowest BCUT2D eigenvalue weighted by molar-refractivity contribution is -0.521. The minimum Gasteiger partial charge on any atom is -0.292 e. The smallest absolute Gasteiger partial charge is 0.233 e. The summed E-state index contributed by atoms with van der Waals surface area (Å²) in [6.07, 6.45) is 0. The monoisotopic (exact) mass is 338 g/mol. The summed E-state index contributed by atoms with van der Waals surface area (Å²) >= 11 is 0. The van der Waals surface area contributed by atoms with E-state index in [2.05, 4.69) is 62.1 Å². The van der Waals surface area contributed by atoms with Crippen LogP contribution in [0, 0.1) is 10.1 Å². The fraction of sp³-hybridized carbons (Fsp3) is 0.429. The van der Waals surface area contributed by atoms with Gasteiger partial charge in [-0.15, -0.1) is 0 Å². The summed E-state index contributed by atoms with van der Waals surface area (Å²) in [5, 5.41) is 11.6. The van der Waals surface area contributed by atoms with Crippen molar-refractivity contribution in [2.24, 2.45) is 0 Å². The number of hydrogen-bond acceptors (Lipinski definition) is 3. The number of rotatable bonds is 4. The standard InChI is InChI=1S/C21H26N2O2/c1-21(2,3)18-11-9-17(10-12-18)19-14-22(15-20(19)23(24)25)13-16-7-5-4-6-8-16/h4-12,19-20H,13-15H2,1-3H3. The molecule has 3 rings (SSSR count). The van der Waals surface area contributed by atoms with Crippen molar-refractivity contribution in [3.05, 3.63) is 81.4 Å². The topological polar surface area (TPSA) is 46.4 Å². The first-order valence-corrected chi connectivity index (χ1v) is 8.85. The molecule has 0 radical (unpaired) electrons. The molecule has 1 heterocycles. The molecular formula is C21H26N2O2. The van der Waals surface area contributed by atoms with E-state index in [-0.39, 0.29) is 16.3 Å². The minimum atomic E-state index is -0.538. The molecule has 0 aliphatic carbocycles. The molecule has 25 heavy (non-hydrogen) atoms. The Hall–Kier alpha value is -2.20. The van der Waals surface area contributed by atoms with Crippen LogP contribution in [-0.4, -0.2) is 29.0 Å². The molecule has 1 fully saturated rings. The minimum absolute atomic E-state index is 0.0484. The molecule has 4 heteroatoms. The number of likely N-dealkylation sites (tertiary alicyclic amines) is 1. The number of benzene rings is 2. The molecule has 1 aliphatic rings. The van der Waals surface area contributed by atoms with Crippen LogP contribution in [0.5, 0.6) is 0 Å². The van der Waals surface area contributed by atoms with Gasteiger partial charge in [0.1, 0.15) is 0 Å². The quantitative estimate of drug-likeness (QED) is 0.619. The molecule has 132 valence electrons. The summed E-state index contributed by atoms with van der Waals surface area (Å²) in [7, 11) is 0. The maximum Gasteiger partial charge on any atom is 0.233 e. The Bertz CT molecular complexity index is 720. The van der Waals surface area contributed by atoms with E-state index >= 15 is 0 Å². The normalized spacial score (nSPS) is 21.4. The molecule has 0 amide bonds. The Morgan fingerprint density at radius 2 is 1.68 bits per heavy atom. The zero-order chi connectivity index (χ0) is 18.0. The maximum atomic E-state index is 11.6. The van der Waals surface area contributed by atoms with Crippen molar-refractivity contribution in [2.75, 3.05) is 13.1 Å². The van der Waals surface area contributed by atoms with E-state index in [0.717, 1.165) is 18.7 Å². The van der Waals surface area contributed by atoms with E-state index < -0.39 is 6.04 Å². The van der Waals surface area contributed by atoms with Crippen LogP contribution in [0.4, 0.5) is 0 Å². The van der Waals surface area contributed by atoms with Crippen molar-refractivity contribution in [1.82, 2.24) is 4.90 Å². The lowest BCUT2D eigenvalue weighted by atomic mass is 9.85. The van der Waals surface area contributed by atoms with Crippen LogP contribution in [0.2, 0.25) is 0 Å². The fourth-order valence-corrected chi connectivity index (χ4v) is 3.61. The van der Waals surface area contributed by atoms with Crippen LogP contribution >= 0.6 is 0 Å². The van der Waals surface area contributed by atoms with Crippen LogP contribution in [-0.2, 0) is 12.0 Å². The van der Waals surface area contributed by atoms with E-state index in [1.165, 1.54) is 11.1 Å². The lowest BCUT2D eigenvalue weighted by Crippen LogP contribution is -2.28. The van der Waals surface area contributed by atoms with E-state index in [0.29, 0.717) is 6.54 Å². The van der Waals surface area contributed by atoms with E-state index in [4.69, 9.17) is 0 Å². The summed E-state index contributed by atoms with van der Waals surface area (Å²) in [6, 6.07) is 18.0. The summed E-state index contributed by atoms with van der Waals surface area (Å²) in [6.45, 7) is 8.54. The van der Waals surface area contributed by atoms with Gasteiger partial charge in [0.15, 0.2) is 0 Å². The lowest BCUT2D eigenvalue weighted by Gasteiger charge is -2.20. The van der Waals surface area contributed by atoms with E-state index in [9.17, 15) is 10.1 Å². The Morgan fingerprint density at radius 1 is 1.04 bits per heavy atom. The average molecular weight is 338 g/mol. The van der Waals surface area contributed by atoms with Crippen LogP contribution in [0.3, 0.4) is 0 Å². The van der Waals surface area contributed by atoms with Crippen LogP contribution in [0.15, 0.2) is 54.6 Å². The molecule has 4 nitrogen and oxygen atoms in total. The van der Waals surface area contributed by atoms with Gasteiger partial charge >= 0.3 is 0 Å². The van der Waals surface area contributed by atoms with Gasteiger partial charge in [-0.3, -0.25) is 15.0 Å². The van der Waals surface area contributed by atoms with Crippen LogP contribution in [0.25, 0.3) is 0 Å². The maximum absolute atomic E-state index is 11.6. The molecule has 0 saturated carbocycles. The number of hydrogen-bond donors (Lipinski definition) is 0. The SMILES string of the molecule is CC(C)(C)c1ccc(C2CN(Cc3ccccc3)CC2[N+](=O)[O-])cc1. The van der Waals surface area contributed by atoms with Gasteiger partial charge in [-0.2, -0.15) is 0 Å². The van der Waals surface area contributed by atoms with Gasteiger partial charge in [0.2, 0.25) is 6.04 Å². The molecule has 2 aromatic carbocycles. The predicted molar refractivity (Wildman–Crippen MR) is 100 cm³/mol. The van der Waals surface area contributed by atoms with Gasteiger partial charge in [-0.1, -0.05) is 75.4 Å². The highest BCUT2D eigenvalue weighted by Gasteiger charge is 2.41. The van der Waals surface area contributed by atoms with Crippen molar-refractivity contribution in [2.45, 2.75) is 44.7 Å². The van der Waals surface area contributed by atoms with Crippen LogP contribution in [0.1, 0.15) is 43.4 Å². The molecule has 2 unspecified atom stereocenters. The Kier molecular flexibility index (Phi) is 4.91. The molecular weight excluding hydrogens is 312 g/mol. The average Bonchev–Trinajstić information content (AvgIpc) is 2.99. The van der Waals surface area contributed by atoms with Crippen molar-refractivity contribution in [3.8, 4) is 0 Å². The first-order chi connectivity index (χ1) is 11.8.